The molecule has 9 nitrogen and oxygen atoms in total. The molecule has 4 N–H and O–H groups in total. The van der Waals surface area contributed by atoms with Gasteiger partial charge in [-0.2, -0.15) is 4.98 Å². The summed E-state index contributed by atoms with van der Waals surface area (Å²) in [5.74, 6) is 1.63. The SMILES string of the molecule is Cc1nnc(-c2cnc(Nc3ccc4c(c3)C(O)CCS4=O)nc2N)o1. The molecule has 0 saturated heterocycles. The number of fused-ring (bicyclic) bond motifs is 1. The smallest absolute Gasteiger partial charge is 0.253 e. The van der Waals surface area contributed by atoms with Gasteiger partial charge in [0, 0.05) is 29.5 Å². The fraction of sp³-hybridized carbons (Fsp3) is 0.250. The van der Waals surface area contributed by atoms with Crippen molar-refractivity contribution in [3.8, 4) is 11.5 Å². The number of nitrogens with zero attached hydrogens (tertiary/aromatic N) is 4. The van der Waals surface area contributed by atoms with E-state index in [1.807, 2.05) is 0 Å². The quantitative estimate of drug-likeness (QED) is 0.626. The number of hydrogen-bond acceptors (Lipinski definition) is 9. The van der Waals surface area contributed by atoms with E-state index in [1.165, 1.54) is 6.20 Å². The van der Waals surface area contributed by atoms with Gasteiger partial charge in [0.2, 0.25) is 11.8 Å². The summed E-state index contributed by atoms with van der Waals surface area (Å²) in [5.41, 5.74) is 7.75. The molecule has 1 aromatic carbocycles. The molecule has 134 valence electrons. The Kier molecular flexibility index (Phi) is 4.13. The summed E-state index contributed by atoms with van der Waals surface area (Å²) in [7, 11) is -1.08. The molecule has 0 bridgehead atoms. The fourth-order valence-corrected chi connectivity index (χ4v) is 4.07. The number of aromatic nitrogens is 4. The maximum absolute atomic E-state index is 12.0. The minimum absolute atomic E-state index is 0.199. The number of nitrogens with two attached hydrogens (primary N) is 1. The van der Waals surface area contributed by atoms with Crippen LogP contribution in [-0.2, 0) is 10.8 Å². The highest BCUT2D eigenvalue weighted by Crippen LogP contribution is 2.32. The van der Waals surface area contributed by atoms with Crippen LogP contribution in [0.15, 0.2) is 33.7 Å². The Hall–Kier alpha value is -2.85. The molecule has 2 aromatic heterocycles. The number of aliphatic hydroxyl groups excluding tert-OH is 1. The predicted octanol–water partition coefficient (Wildman–Crippen LogP) is 1.71. The Balaban J connectivity index is 1.61. The Morgan fingerprint density at radius 3 is 2.96 bits per heavy atom. The molecule has 4 rings (SSSR count). The minimum atomic E-state index is -1.08. The standard InChI is InChI=1S/C16H16N6O3S/c1-8-21-22-15(25-8)11-7-18-16(20-14(11)17)19-9-2-3-13-10(6-9)12(23)4-5-26(13)24/h2-3,6-7,12,23H,4-5H2,1H3,(H3,17,18,19,20). The molecule has 0 saturated carbocycles. The van der Waals surface area contributed by atoms with Crippen molar-refractivity contribution in [2.45, 2.75) is 24.3 Å². The number of nitrogen functional groups attached to an aromatic ring is 1. The largest absolute Gasteiger partial charge is 0.421 e. The second-order valence-corrected chi connectivity index (χ2v) is 7.39. The third-order valence-electron chi connectivity index (χ3n) is 4.02. The lowest BCUT2D eigenvalue weighted by atomic mass is 10.1. The maximum atomic E-state index is 12.0. The summed E-state index contributed by atoms with van der Waals surface area (Å²) in [4.78, 5) is 9.08. The van der Waals surface area contributed by atoms with Gasteiger partial charge in [-0.05, 0) is 30.2 Å². The Morgan fingerprint density at radius 1 is 1.38 bits per heavy atom. The molecule has 0 spiro atoms. The van der Waals surface area contributed by atoms with Gasteiger partial charge in [0.05, 0.1) is 22.5 Å². The summed E-state index contributed by atoms with van der Waals surface area (Å²) >= 11 is 0. The Labute approximate surface area is 151 Å². The van der Waals surface area contributed by atoms with E-state index >= 15 is 0 Å². The second-order valence-electron chi connectivity index (χ2n) is 5.85. The first-order valence-corrected chi connectivity index (χ1v) is 9.23. The first-order valence-electron chi connectivity index (χ1n) is 7.91. The first-order chi connectivity index (χ1) is 12.5. The number of nitrogens with one attached hydrogen (secondary N) is 1. The van der Waals surface area contributed by atoms with Crippen LogP contribution in [0.1, 0.15) is 24.0 Å². The molecule has 0 amide bonds. The third-order valence-corrected chi connectivity index (χ3v) is 5.49. The number of aryl methyl sites for hydroxylation is 1. The van der Waals surface area contributed by atoms with Crippen molar-refractivity contribution in [2.24, 2.45) is 0 Å². The lowest BCUT2D eigenvalue weighted by Crippen LogP contribution is -2.15. The van der Waals surface area contributed by atoms with Crippen molar-refractivity contribution in [3.63, 3.8) is 0 Å². The van der Waals surface area contributed by atoms with E-state index in [9.17, 15) is 9.32 Å². The average molecular weight is 372 g/mol. The van der Waals surface area contributed by atoms with Crippen LogP contribution < -0.4 is 11.1 Å². The summed E-state index contributed by atoms with van der Waals surface area (Å²) in [5, 5.41) is 20.8. The van der Waals surface area contributed by atoms with Crippen LogP contribution in [0.2, 0.25) is 0 Å². The highest BCUT2D eigenvalue weighted by molar-refractivity contribution is 7.85. The van der Waals surface area contributed by atoms with Gasteiger partial charge in [-0.1, -0.05) is 0 Å². The van der Waals surface area contributed by atoms with Crippen LogP contribution in [0.3, 0.4) is 0 Å². The number of hydrogen-bond donors (Lipinski definition) is 3. The van der Waals surface area contributed by atoms with Gasteiger partial charge in [0.25, 0.3) is 5.89 Å². The van der Waals surface area contributed by atoms with Crippen molar-refractivity contribution in [2.75, 3.05) is 16.8 Å². The van der Waals surface area contributed by atoms with E-state index < -0.39 is 16.9 Å². The normalized spacial score (nSPS) is 19.2. The van der Waals surface area contributed by atoms with Gasteiger partial charge >= 0.3 is 0 Å². The lowest BCUT2D eigenvalue weighted by molar-refractivity contribution is 0.169. The van der Waals surface area contributed by atoms with Gasteiger partial charge in [-0.15, -0.1) is 10.2 Å². The lowest BCUT2D eigenvalue weighted by Gasteiger charge is -2.21. The highest BCUT2D eigenvalue weighted by Gasteiger charge is 2.23. The molecule has 1 aliphatic rings. The first kappa shape index (κ1) is 16.6. The van der Waals surface area contributed by atoms with Crippen LogP contribution >= 0.6 is 0 Å². The zero-order valence-electron chi connectivity index (χ0n) is 13.8. The minimum Gasteiger partial charge on any atom is -0.421 e. The monoisotopic (exact) mass is 372 g/mol. The number of benzene rings is 1. The molecule has 1 aliphatic heterocycles. The van der Waals surface area contributed by atoms with Crippen LogP contribution in [0, 0.1) is 6.92 Å². The van der Waals surface area contributed by atoms with Crippen LogP contribution in [0.5, 0.6) is 0 Å². The molecule has 2 unspecified atom stereocenters. The van der Waals surface area contributed by atoms with Crippen molar-refractivity contribution < 1.29 is 13.7 Å². The summed E-state index contributed by atoms with van der Waals surface area (Å²) < 4.78 is 17.4. The van der Waals surface area contributed by atoms with Crippen molar-refractivity contribution >= 4 is 28.3 Å². The Morgan fingerprint density at radius 2 is 2.23 bits per heavy atom. The van der Waals surface area contributed by atoms with E-state index in [-0.39, 0.29) is 17.7 Å². The molecule has 10 heteroatoms. The average Bonchev–Trinajstić information content (AvgIpc) is 3.04. The zero-order valence-corrected chi connectivity index (χ0v) is 14.7. The van der Waals surface area contributed by atoms with Gasteiger partial charge in [-0.25, -0.2) is 4.98 Å². The topological polar surface area (TPSA) is 140 Å². The molecule has 3 aromatic rings. The molecule has 2 atom stereocenters. The van der Waals surface area contributed by atoms with Crippen molar-refractivity contribution in [3.05, 3.63) is 35.9 Å². The summed E-state index contributed by atoms with van der Waals surface area (Å²) in [6, 6.07) is 5.27. The van der Waals surface area contributed by atoms with E-state index in [2.05, 4.69) is 25.5 Å². The van der Waals surface area contributed by atoms with Gasteiger partial charge < -0.3 is 20.6 Å². The zero-order chi connectivity index (χ0) is 18.3. The van der Waals surface area contributed by atoms with Crippen LogP contribution in [0.25, 0.3) is 11.5 Å². The number of rotatable bonds is 3. The predicted molar refractivity (Wildman–Crippen MR) is 95.1 cm³/mol. The summed E-state index contributed by atoms with van der Waals surface area (Å²) in [6.07, 6.45) is 1.35. The van der Waals surface area contributed by atoms with E-state index in [0.717, 1.165) is 0 Å². The van der Waals surface area contributed by atoms with E-state index in [0.29, 0.717) is 39.8 Å². The highest BCUT2D eigenvalue weighted by atomic mass is 32.2. The molecule has 26 heavy (non-hydrogen) atoms. The number of aliphatic hydroxyl groups is 1. The second kappa shape index (κ2) is 6.46. The molecule has 3 heterocycles. The van der Waals surface area contributed by atoms with Crippen LogP contribution in [-0.4, -0.2) is 35.2 Å². The third kappa shape index (κ3) is 3.04. The van der Waals surface area contributed by atoms with Crippen molar-refractivity contribution in [1.82, 2.24) is 20.2 Å². The van der Waals surface area contributed by atoms with E-state index in [1.54, 1.807) is 25.1 Å². The number of anilines is 3. The van der Waals surface area contributed by atoms with Crippen molar-refractivity contribution in [1.29, 1.82) is 0 Å². The molecule has 0 fully saturated rings. The van der Waals surface area contributed by atoms with E-state index in [4.69, 9.17) is 10.2 Å². The molecular formula is C16H16N6O3S. The summed E-state index contributed by atoms with van der Waals surface area (Å²) in [6.45, 7) is 1.68. The molecule has 0 aliphatic carbocycles. The van der Waals surface area contributed by atoms with Gasteiger partial charge in [0.1, 0.15) is 5.82 Å². The maximum Gasteiger partial charge on any atom is 0.253 e. The van der Waals surface area contributed by atoms with Crippen LogP contribution in [0.4, 0.5) is 17.5 Å². The molecule has 0 radical (unpaired) electrons. The Bertz CT molecular complexity index is 1010. The fourth-order valence-electron chi connectivity index (χ4n) is 2.73. The molecular weight excluding hydrogens is 356 g/mol. The van der Waals surface area contributed by atoms with Gasteiger partial charge in [-0.3, -0.25) is 4.21 Å². The van der Waals surface area contributed by atoms with Gasteiger partial charge in [0.15, 0.2) is 0 Å².